The Balaban J connectivity index is 2.10. The van der Waals surface area contributed by atoms with Crippen LogP contribution < -0.4 is 5.32 Å². The molecule has 3 heterocycles. The van der Waals surface area contributed by atoms with Crippen LogP contribution in [0.5, 0.6) is 0 Å². The van der Waals surface area contributed by atoms with E-state index >= 15 is 0 Å². The lowest BCUT2D eigenvalue weighted by Gasteiger charge is -2.27. The maximum atomic E-state index is 12.4. The van der Waals surface area contributed by atoms with Crippen LogP contribution in [0.2, 0.25) is 0 Å². The third-order valence-corrected chi connectivity index (χ3v) is 5.42. The van der Waals surface area contributed by atoms with Crippen LogP contribution in [-0.4, -0.2) is 42.4 Å². The second-order valence-electron chi connectivity index (χ2n) is 5.57. The van der Waals surface area contributed by atoms with Crippen molar-refractivity contribution >= 4 is 29.1 Å². The summed E-state index contributed by atoms with van der Waals surface area (Å²) in [6, 6.07) is 3.44. The Labute approximate surface area is 126 Å². The highest BCUT2D eigenvalue weighted by Gasteiger charge is 2.66. The lowest BCUT2D eigenvalue weighted by molar-refractivity contribution is -0.152. The quantitative estimate of drug-likeness (QED) is 0.638. The lowest BCUT2D eigenvalue weighted by atomic mass is 9.81. The third-order valence-electron chi connectivity index (χ3n) is 4.47. The van der Waals surface area contributed by atoms with Gasteiger partial charge >= 0.3 is 5.97 Å². The van der Waals surface area contributed by atoms with Gasteiger partial charge in [-0.3, -0.25) is 24.6 Å². The highest BCUT2D eigenvalue weighted by Crippen LogP contribution is 2.49. The first-order valence-electron chi connectivity index (χ1n) is 6.62. The fraction of sp³-hybridized carbons (Fsp3) is 0.500. The van der Waals surface area contributed by atoms with Crippen LogP contribution in [0.4, 0.5) is 0 Å². The molecule has 0 bridgehead atoms. The summed E-state index contributed by atoms with van der Waals surface area (Å²) in [6.07, 6.45) is 0. The van der Waals surface area contributed by atoms with E-state index in [-0.39, 0.29) is 17.9 Å². The van der Waals surface area contributed by atoms with Gasteiger partial charge in [-0.2, -0.15) is 0 Å². The minimum atomic E-state index is -1.19. The zero-order chi connectivity index (χ0) is 15.4. The normalized spacial score (nSPS) is 35.2. The van der Waals surface area contributed by atoms with Gasteiger partial charge < -0.3 is 4.74 Å². The zero-order valence-electron chi connectivity index (χ0n) is 12.0. The molecule has 112 valence electrons. The maximum Gasteiger partial charge on any atom is 0.326 e. The molecule has 7 heteroatoms. The van der Waals surface area contributed by atoms with E-state index in [0.717, 1.165) is 9.78 Å². The van der Waals surface area contributed by atoms with Crippen molar-refractivity contribution in [3.63, 3.8) is 0 Å². The molecule has 6 nitrogen and oxygen atoms in total. The maximum absolute atomic E-state index is 12.4. The Kier molecular flexibility index (Phi) is 3.14. The number of thiophene rings is 1. The van der Waals surface area contributed by atoms with Crippen molar-refractivity contribution < 1.29 is 19.1 Å². The van der Waals surface area contributed by atoms with Crippen molar-refractivity contribution in [2.45, 2.75) is 18.5 Å². The molecule has 0 saturated carbocycles. The van der Waals surface area contributed by atoms with E-state index in [2.05, 4.69) is 5.32 Å². The molecule has 1 aromatic rings. The van der Waals surface area contributed by atoms with Gasteiger partial charge in [-0.05, 0) is 18.4 Å². The number of carbonyl (C=O) groups excluding carboxylic acids is 3. The van der Waals surface area contributed by atoms with E-state index in [4.69, 9.17) is 4.74 Å². The number of ether oxygens (including phenoxy) is 1. The minimum absolute atomic E-state index is 0.247. The van der Waals surface area contributed by atoms with Crippen LogP contribution in [0, 0.1) is 11.8 Å². The van der Waals surface area contributed by atoms with E-state index in [1.165, 1.54) is 25.5 Å². The largest absolute Gasteiger partial charge is 0.468 e. The first-order valence-corrected chi connectivity index (χ1v) is 7.50. The number of likely N-dealkylation sites (tertiary alicyclic amines) is 1. The second-order valence-corrected chi connectivity index (χ2v) is 6.55. The summed E-state index contributed by atoms with van der Waals surface area (Å²) in [4.78, 5) is 39.1. The summed E-state index contributed by atoms with van der Waals surface area (Å²) in [5.74, 6) is -2.39. The average molecular weight is 308 g/mol. The summed E-state index contributed by atoms with van der Waals surface area (Å²) < 4.78 is 4.85. The molecule has 0 spiro atoms. The van der Waals surface area contributed by atoms with Gasteiger partial charge in [-0.1, -0.05) is 6.07 Å². The zero-order valence-corrected chi connectivity index (χ0v) is 12.8. The Morgan fingerprint density at radius 2 is 2.14 bits per heavy atom. The Morgan fingerprint density at radius 1 is 1.43 bits per heavy atom. The standard InChI is InChI=1S/C14H16N2O4S/c1-14(13(19)20-3)9-8(11(17)16(2)12(9)18)10(15-14)7-5-4-6-21-7/h4-6,8-10,15H,1-3H3. The molecule has 2 aliphatic rings. The van der Waals surface area contributed by atoms with E-state index in [9.17, 15) is 14.4 Å². The lowest BCUT2D eigenvalue weighted by Crippen LogP contribution is -2.53. The van der Waals surface area contributed by atoms with Crippen LogP contribution in [0.1, 0.15) is 17.8 Å². The predicted molar refractivity (Wildman–Crippen MR) is 75.4 cm³/mol. The van der Waals surface area contributed by atoms with Gasteiger partial charge in [0.25, 0.3) is 0 Å². The molecule has 2 saturated heterocycles. The van der Waals surface area contributed by atoms with Crippen LogP contribution >= 0.6 is 11.3 Å². The minimum Gasteiger partial charge on any atom is -0.468 e. The molecular weight excluding hydrogens is 292 g/mol. The molecule has 0 radical (unpaired) electrons. The number of imide groups is 1. The molecular formula is C14H16N2O4S. The van der Waals surface area contributed by atoms with Crippen molar-refractivity contribution in [1.29, 1.82) is 0 Å². The van der Waals surface area contributed by atoms with Gasteiger partial charge in [-0.15, -0.1) is 11.3 Å². The number of carbonyl (C=O) groups is 3. The number of fused-ring (bicyclic) bond motifs is 1. The fourth-order valence-corrected chi connectivity index (χ4v) is 4.22. The number of nitrogens with zero attached hydrogens (tertiary/aromatic N) is 1. The topological polar surface area (TPSA) is 75.7 Å². The molecule has 2 aliphatic heterocycles. The third kappa shape index (κ3) is 1.77. The van der Waals surface area contributed by atoms with E-state index in [1.54, 1.807) is 6.92 Å². The van der Waals surface area contributed by atoms with Gasteiger partial charge in [0.15, 0.2) is 0 Å². The van der Waals surface area contributed by atoms with E-state index < -0.39 is 23.3 Å². The first-order chi connectivity index (χ1) is 9.91. The number of esters is 1. The summed E-state index contributed by atoms with van der Waals surface area (Å²) in [5, 5.41) is 5.08. The second kappa shape index (κ2) is 4.64. The number of rotatable bonds is 2. The molecule has 1 aromatic heterocycles. The fourth-order valence-electron chi connectivity index (χ4n) is 3.39. The van der Waals surface area contributed by atoms with Crippen molar-refractivity contribution in [2.24, 2.45) is 11.8 Å². The number of amides is 2. The number of nitrogens with one attached hydrogen (secondary N) is 1. The van der Waals surface area contributed by atoms with Gasteiger partial charge in [0.1, 0.15) is 5.54 Å². The Morgan fingerprint density at radius 3 is 2.71 bits per heavy atom. The van der Waals surface area contributed by atoms with E-state index in [0.29, 0.717) is 0 Å². The highest BCUT2D eigenvalue weighted by molar-refractivity contribution is 7.10. The number of hydrogen-bond donors (Lipinski definition) is 1. The first kappa shape index (κ1) is 14.2. The van der Waals surface area contributed by atoms with Crippen LogP contribution in [0.25, 0.3) is 0 Å². The number of methoxy groups -OCH3 is 1. The van der Waals surface area contributed by atoms with Crippen molar-refractivity contribution in [2.75, 3.05) is 14.2 Å². The summed E-state index contributed by atoms with van der Waals surface area (Å²) in [6.45, 7) is 1.63. The van der Waals surface area contributed by atoms with Crippen LogP contribution in [-0.2, 0) is 19.1 Å². The molecule has 2 fully saturated rings. The monoisotopic (exact) mass is 308 g/mol. The number of hydrogen-bond acceptors (Lipinski definition) is 6. The Hall–Kier alpha value is -1.73. The Bertz CT molecular complexity index is 615. The van der Waals surface area contributed by atoms with Gasteiger partial charge in [0.05, 0.1) is 25.0 Å². The summed E-state index contributed by atoms with van der Waals surface area (Å²) in [5.41, 5.74) is -1.19. The molecule has 2 amide bonds. The molecule has 0 aliphatic carbocycles. The SMILES string of the molecule is COC(=O)C1(C)NC(c2cccs2)C2C(=O)N(C)C(=O)C21. The molecule has 1 N–H and O–H groups in total. The van der Waals surface area contributed by atoms with Crippen molar-refractivity contribution in [3.8, 4) is 0 Å². The molecule has 21 heavy (non-hydrogen) atoms. The van der Waals surface area contributed by atoms with Crippen molar-refractivity contribution in [3.05, 3.63) is 22.4 Å². The average Bonchev–Trinajstić information content (AvgIpc) is 3.14. The molecule has 0 aromatic carbocycles. The van der Waals surface area contributed by atoms with E-state index in [1.807, 2.05) is 17.5 Å². The summed E-state index contributed by atoms with van der Waals surface area (Å²) in [7, 11) is 2.75. The van der Waals surface area contributed by atoms with Gasteiger partial charge in [0, 0.05) is 11.9 Å². The predicted octanol–water partition coefficient (Wildman–Crippen LogP) is 0.555. The van der Waals surface area contributed by atoms with Crippen LogP contribution in [0.15, 0.2) is 17.5 Å². The summed E-state index contributed by atoms with van der Waals surface area (Å²) >= 11 is 1.50. The van der Waals surface area contributed by atoms with Gasteiger partial charge in [0.2, 0.25) is 11.8 Å². The van der Waals surface area contributed by atoms with Crippen LogP contribution in [0.3, 0.4) is 0 Å². The smallest absolute Gasteiger partial charge is 0.326 e. The molecule has 4 unspecified atom stereocenters. The molecule has 4 atom stereocenters. The highest BCUT2D eigenvalue weighted by atomic mass is 32.1. The van der Waals surface area contributed by atoms with Gasteiger partial charge in [-0.25, -0.2) is 0 Å². The van der Waals surface area contributed by atoms with Crippen molar-refractivity contribution in [1.82, 2.24) is 10.2 Å². The molecule has 3 rings (SSSR count).